The van der Waals surface area contributed by atoms with E-state index in [-0.39, 0.29) is 22.2 Å². The lowest BCUT2D eigenvalue weighted by molar-refractivity contribution is -0.384. The second kappa shape index (κ2) is 9.13. The van der Waals surface area contributed by atoms with Crippen LogP contribution >= 0.6 is 11.3 Å². The highest BCUT2D eigenvalue weighted by Gasteiger charge is 2.19. The maximum Gasteiger partial charge on any atom is 0.338 e. The number of anilines is 2. The van der Waals surface area contributed by atoms with E-state index in [9.17, 15) is 24.5 Å². The number of nitro groups is 1. The average molecular weight is 440 g/mol. The molecule has 10 nitrogen and oxygen atoms in total. The molecule has 11 heteroatoms. The van der Waals surface area contributed by atoms with Crippen LogP contribution in [0.25, 0.3) is 11.3 Å². The topological polar surface area (TPSA) is 141 Å². The first-order chi connectivity index (χ1) is 14.8. The number of rotatable bonds is 6. The molecule has 0 radical (unpaired) electrons. The number of ether oxygens (including phenoxy) is 1. The van der Waals surface area contributed by atoms with Crippen LogP contribution in [0.3, 0.4) is 0 Å². The molecule has 3 aromatic rings. The van der Waals surface area contributed by atoms with Crippen LogP contribution in [0.5, 0.6) is 0 Å². The molecular formula is C20H16N4O6S. The van der Waals surface area contributed by atoms with Gasteiger partial charge in [-0.2, -0.15) is 0 Å². The van der Waals surface area contributed by atoms with Gasteiger partial charge in [0.15, 0.2) is 5.13 Å². The molecule has 0 saturated carbocycles. The molecule has 2 aromatic carbocycles. The summed E-state index contributed by atoms with van der Waals surface area (Å²) in [5.41, 5.74) is 1.42. The number of benzene rings is 2. The number of methoxy groups -OCH3 is 1. The summed E-state index contributed by atoms with van der Waals surface area (Å²) in [7, 11) is 1.14. The standard InChI is InChI=1S/C20H16N4O6S/c1-11(25)21-15-5-3-12(4-6-15)17-10-31-20(22-17)23-18(26)13-7-14(19(27)30-2)9-16(8-13)24(28)29/h3-10H,1-2H3,(H,21,25)(H,22,23,26). The Bertz CT molecular complexity index is 1170. The molecular weight excluding hydrogens is 424 g/mol. The van der Waals surface area contributed by atoms with Gasteiger partial charge in [-0.05, 0) is 18.2 Å². The first kappa shape index (κ1) is 21.6. The summed E-state index contributed by atoms with van der Waals surface area (Å²) in [5, 5.41) is 18.4. The Kier molecular flexibility index (Phi) is 6.36. The fourth-order valence-electron chi connectivity index (χ4n) is 2.64. The SMILES string of the molecule is COC(=O)c1cc(C(=O)Nc2nc(-c3ccc(NC(C)=O)cc3)cs2)cc([N+](=O)[O-])c1. The Morgan fingerprint density at radius 2 is 1.74 bits per heavy atom. The van der Waals surface area contributed by atoms with E-state index >= 15 is 0 Å². The third-order valence-electron chi connectivity index (χ3n) is 4.04. The number of aromatic nitrogens is 1. The highest BCUT2D eigenvalue weighted by molar-refractivity contribution is 7.14. The number of non-ortho nitro benzene ring substituents is 1. The Hall–Kier alpha value is -4.12. The summed E-state index contributed by atoms with van der Waals surface area (Å²) in [5.74, 6) is -1.63. The largest absolute Gasteiger partial charge is 0.465 e. The van der Waals surface area contributed by atoms with E-state index in [1.54, 1.807) is 29.6 Å². The number of nitrogens with one attached hydrogen (secondary N) is 2. The zero-order valence-electron chi connectivity index (χ0n) is 16.4. The van der Waals surface area contributed by atoms with E-state index in [0.29, 0.717) is 11.4 Å². The molecule has 3 rings (SSSR count). The molecule has 0 spiro atoms. The van der Waals surface area contributed by atoms with Gasteiger partial charge in [-0.3, -0.25) is 25.0 Å². The van der Waals surface area contributed by atoms with Crippen molar-refractivity contribution in [2.45, 2.75) is 6.92 Å². The highest BCUT2D eigenvalue weighted by Crippen LogP contribution is 2.27. The van der Waals surface area contributed by atoms with Gasteiger partial charge in [0.1, 0.15) is 0 Å². The minimum Gasteiger partial charge on any atom is -0.465 e. The van der Waals surface area contributed by atoms with Gasteiger partial charge in [0.25, 0.3) is 11.6 Å². The zero-order valence-corrected chi connectivity index (χ0v) is 17.2. The smallest absolute Gasteiger partial charge is 0.338 e. The quantitative estimate of drug-likeness (QED) is 0.338. The van der Waals surface area contributed by atoms with E-state index in [4.69, 9.17) is 0 Å². The number of carbonyl (C=O) groups is 3. The molecule has 1 heterocycles. The fourth-order valence-corrected chi connectivity index (χ4v) is 3.36. The summed E-state index contributed by atoms with van der Waals surface area (Å²) in [4.78, 5) is 50.2. The van der Waals surface area contributed by atoms with Crippen LogP contribution in [-0.2, 0) is 9.53 Å². The van der Waals surface area contributed by atoms with Crippen molar-refractivity contribution in [1.82, 2.24) is 4.98 Å². The van der Waals surface area contributed by atoms with Crippen molar-refractivity contribution >= 4 is 45.6 Å². The molecule has 0 aliphatic heterocycles. The lowest BCUT2D eigenvalue weighted by Gasteiger charge is -2.05. The number of hydrogen-bond donors (Lipinski definition) is 2. The van der Waals surface area contributed by atoms with Crippen LogP contribution < -0.4 is 10.6 Å². The summed E-state index contributed by atoms with van der Waals surface area (Å²) in [6, 6.07) is 10.3. The Balaban J connectivity index is 1.79. The highest BCUT2D eigenvalue weighted by atomic mass is 32.1. The Morgan fingerprint density at radius 1 is 1.06 bits per heavy atom. The number of nitrogens with zero attached hydrogens (tertiary/aromatic N) is 2. The van der Waals surface area contributed by atoms with E-state index in [2.05, 4.69) is 20.4 Å². The molecule has 31 heavy (non-hydrogen) atoms. The third kappa shape index (κ3) is 5.28. The maximum atomic E-state index is 12.6. The first-order valence-electron chi connectivity index (χ1n) is 8.79. The number of hydrogen-bond acceptors (Lipinski definition) is 8. The summed E-state index contributed by atoms with van der Waals surface area (Å²) in [6.07, 6.45) is 0. The van der Waals surface area contributed by atoms with Crippen LogP contribution in [0, 0.1) is 10.1 Å². The molecule has 0 fully saturated rings. The molecule has 1 aromatic heterocycles. The molecule has 158 valence electrons. The van der Waals surface area contributed by atoms with Gasteiger partial charge in [0.05, 0.1) is 23.3 Å². The van der Waals surface area contributed by atoms with Gasteiger partial charge < -0.3 is 10.1 Å². The molecule has 0 saturated heterocycles. The van der Waals surface area contributed by atoms with E-state index in [1.807, 2.05) is 0 Å². The second-order valence-corrected chi connectivity index (χ2v) is 7.13. The van der Waals surface area contributed by atoms with Crippen molar-refractivity contribution in [3.05, 3.63) is 69.1 Å². The predicted molar refractivity (Wildman–Crippen MR) is 114 cm³/mol. The molecule has 0 unspecified atom stereocenters. The minimum absolute atomic E-state index is 0.0778. The summed E-state index contributed by atoms with van der Waals surface area (Å²) >= 11 is 1.17. The number of esters is 1. The van der Waals surface area contributed by atoms with Crippen LogP contribution in [-0.4, -0.2) is 34.8 Å². The maximum absolute atomic E-state index is 12.6. The number of thiazole rings is 1. The molecule has 0 bridgehead atoms. The molecule has 2 amide bonds. The second-order valence-electron chi connectivity index (χ2n) is 6.27. The fraction of sp³-hybridized carbons (Fsp3) is 0.100. The molecule has 2 N–H and O–H groups in total. The van der Waals surface area contributed by atoms with Crippen molar-refractivity contribution in [1.29, 1.82) is 0 Å². The van der Waals surface area contributed by atoms with Crippen LogP contribution in [0.1, 0.15) is 27.6 Å². The summed E-state index contributed by atoms with van der Waals surface area (Å²) < 4.78 is 4.58. The van der Waals surface area contributed by atoms with Crippen molar-refractivity contribution in [3.8, 4) is 11.3 Å². The number of nitro benzene ring substituents is 1. The number of amides is 2. The van der Waals surface area contributed by atoms with Crippen molar-refractivity contribution < 1.29 is 24.0 Å². The number of carbonyl (C=O) groups excluding carboxylic acids is 3. The summed E-state index contributed by atoms with van der Waals surface area (Å²) in [6.45, 7) is 1.42. The third-order valence-corrected chi connectivity index (χ3v) is 4.80. The molecule has 0 aliphatic carbocycles. The van der Waals surface area contributed by atoms with E-state index < -0.39 is 22.5 Å². The van der Waals surface area contributed by atoms with Gasteiger partial charge in [-0.15, -0.1) is 11.3 Å². The van der Waals surface area contributed by atoms with Gasteiger partial charge in [0.2, 0.25) is 5.91 Å². The lowest BCUT2D eigenvalue weighted by Crippen LogP contribution is -2.14. The normalized spacial score (nSPS) is 10.3. The van der Waals surface area contributed by atoms with Crippen molar-refractivity contribution in [2.75, 3.05) is 17.7 Å². The monoisotopic (exact) mass is 440 g/mol. The van der Waals surface area contributed by atoms with Crippen molar-refractivity contribution in [2.24, 2.45) is 0 Å². The van der Waals surface area contributed by atoms with Gasteiger partial charge in [-0.25, -0.2) is 9.78 Å². The first-order valence-corrected chi connectivity index (χ1v) is 9.67. The van der Waals surface area contributed by atoms with E-state index in [0.717, 1.165) is 24.8 Å². The zero-order chi connectivity index (χ0) is 22.5. The van der Waals surface area contributed by atoms with Gasteiger partial charge in [-0.1, -0.05) is 12.1 Å². The average Bonchev–Trinajstić information content (AvgIpc) is 3.21. The molecule has 0 atom stereocenters. The predicted octanol–water partition coefficient (Wildman–Crippen LogP) is 3.72. The van der Waals surface area contributed by atoms with Crippen molar-refractivity contribution in [3.63, 3.8) is 0 Å². The van der Waals surface area contributed by atoms with E-state index in [1.165, 1.54) is 24.3 Å². The van der Waals surface area contributed by atoms with Crippen LogP contribution in [0.15, 0.2) is 47.8 Å². The Labute approximate surface area is 180 Å². The van der Waals surface area contributed by atoms with Crippen LogP contribution in [0.4, 0.5) is 16.5 Å². The van der Waals surface area contributed by atoms with Gasteiger partial charge >= 0.3 is 5.97 Å². The Morgan fingerprint density at radius 3 is 2.35 bits per heavy atom. The lowest BCUT2D eigenvalue weighted by atomic mass is 10.1. The van der Waals surface area contributed by atoms with Gasteiger partial charge in [0, 0.05) is 41.3 Å². The minimum atomic E-state index is -0.794. The molecule has 0 aliphatic rings. The van der Waals surface area contributed by atoms with Crippen LogP contribution in [0.2, 0.25) is 0 Å².